The third-order valence-corrected chi connectivity index (χ3v) is 3.59. The molecule has 1 heterocycles. The van der Waals surface area contributed by atoms with Crippen LogP contribution in [-0.2, 0) is 9.59 Å². The Balaban J connectivity index is 2.57. The summed E-state index contributed by atoms with van der Waals surface area (Å²) in [6, 6.07) is 0.0662. The van der Waals surface area contributed by atoms with E-state index in [9.17, 15) is 9.59 Å². The van der Waals surface area contributed by atoms with Gasteiger partial charge in [0.05, 0.1) is 6.04 Å². The first-order valence-electron chi connectivity index (χ1n) is 6.81. The second-order valence-corrected chi connectivity index (χ2v) is 4.89. The lowest BCUT2D eigenvalue weighted by Gasteiger charge is -2.39. The zero-order chi connectivity index (χ0) is 13.5. The van der Waals surface area contributed by atoms with Crippen molar-refractivity contribution in [3.05, 3.63) is 0 Å². The zero-order valence-corrected chi connectivity index (χ0v) is 11.3. The van der Waals surface area contributed by atoms with Crippen LogP contribution in [0, 0.1) is 0 Å². The zero-order valence-electron chi connectivity index (χ0n) is 11.3. The maximum absolute atomic E-state index is 11.9. The van der Waals surface area contributed by atoms with Gasteiger partial charge in [0, 0.05) is 19.0 Å². The van der Waals surface area contributed by atoms with E-state index in [4.69, 9.17) is 5.11 Å². The van der Waals surface area contributed by atoms with E-state index >= 15 is 0 Å². The fraction of sp³-hybridized carbons (Fsp3) is 0.846. The average Bonchev–Trinajstić information content (AvgIpc) is 2.36. The number of hydrogen-bond acceptors (Lipinski definition) is 3. The Kier molecular flexibility index (Phi) is 6.12. The SMILES string of the molecule is CCNC(=O)C(C)N1CCCCC1CCC(=O)O. The standard InChI is InChI=1S/C13H24N2O3/c1-3-14-13(18)10(2)15-9-5-4-6-11(15)7-8-12(16)17/h10-11H,3-9H2,1-2H3,(H,14,18)(H,16,17). The maximum atomic E-state index is 11.9. The van der Waals surface area contributed by atoms with Gasteiger partial charge in [-0.3, -0.25) is 14.5 Å². The predicted molar refractivity (Wildman–Crippen MR) is 69.4 cm³/mol. The van der Waals surface area contributed by atoms with Crippen molar-refractivity contribution in [1.29, 1.82) is 0 Å². The number of carboxylic acid groups (broad SMARTS) is 1. The van der Waals surface area contributed by atoms with Gasteiger partial charge >= 0.3 is 5.97 Å². The van der Waals surface area contributed by atoms with Crippen LogP contribution in [0.5, 0.6) is 0 Å². The molecule has 2 atom stereocenters. The highest BCUT2D eigenvalue weighted by molar-refractivity contribution is 5.81. The van der Waals surface area contributed by atoms with Crippen LogP contribution < -0.4 is 5.32 Å². The number of rotatable bonds is 6. The van der Waals surface area contributed by atoms with Crippen LogP contribution in [0.1, 0.15) is 46.0 Å². The minimum Gasteiger partial charge on any atom is -0.481 e. The molecule has 1 rings (SSSR count). The molecule has 0 aromatic carbocycles. The summed E-state index contributed by atoms with van der Waals surface area (Å²) in [5.41, 5.74) is 0. The molecule has 0 aromatic rings. The second-order valence-electron chi connectivity index (χ2n) is 4.89. The van der Waals surface area contributed by atoms with Crippen LogP contribution in [0.3, 0.4) is 0 Å². The van der Waals surface area contributed by atoms with E-state index < -0.39 is 5.97 Å². The molecule has 1 aliphatic heterocycles. The van der Waals surface area contributed by atoms with Crippen LogP contribution in [0.25, 0.3) is 0 Å². The molecule has 5 nitrogen and oxygen atoms in total. The van der Waals surface area contributed by atoms with Crippen molar-refractivity contribution in [2.45, 2.75) is 58.0 Å². The summed E-state index contributed by atoms with van der Waals surface area (Å²) in [6.45, 7) is 5.34. The van der Waals surface area contributed by atoms with Gasteiger partial charge in [-0.1, -0.05) is 6.42 Å². The van der Waals surface area contributed by atoms with Gasteiger partial charge in [-0.25, -0.2) is 0 Å². The van der Waals surface area contributed by atoms with Gasteiger partial charge in [0.15, 0.2) is 0 Å². The lowest BCUT2D eigenvalue weighted by molar-refractivity contribution is -0.137. The molecule has 1 fully saturated rings. The van der Waals surface area contributed by atoms with Crippen LogP contribution >= 0.6 is 0 Å². The van der Waals surface area contributed by atoms with Crippen molar-refractivity contribution >= 4 is 11.9 Å². The van der Waals surface area contributed by atoms with Crippen LogP contribution in [0.2, 0.25) is 0 Å². The van der Waals surface area contributed by atoms with Crippen molar-refractivity contribution < 1.29 is 14.7 Å². The molecular formula is C13H24N2O3. The molecule has 0 aliphatic carbocycles. The highest BCUT2D eigenvalue weighted by Gasteiger charge is 2.30. The van der Waals surface area contributed by atoms with E-state index in [1.165, 1.54) is 0 Å². The van der Waals surface area contributed by atoms with Crippen LogP contribution in [0.4, 0.5) is 0 Å². The summed E-state index contributed by atoms with van der Waals surface area (Å²) in [6.07, 6.45) is 4.04. The molecule has 1 saturated heterocycles. The number of likely N-dealkylation sites (tertiary alicyclic amines) is 1. The molecule has 2 N–H and O–H groups in total. The van der Waals surface area contributed by atoms with Crippen molar-refractivity contribution in [1.82, 2.24) is 10.2 Å². The Morgan fingerprint density at radius 3 is 2.78 bits per heavy atom. The highest BCUT2D eigenvalue weighted by Crippen LogP contribution is 2.23. The molecule has 0 aromatic heterocycles. The van der Waals surface area contributed by atoms with Gasteiger partial charge < -0.3 is 10.4 Å². The number of carbonyl (C=O) groups excluding carboxylic acids is 1. The Morgan fingerprint density at radius 1 is 1.44 bits per heavy atom. The molecule has 5 heteroatoms. The summed E-state index contributed by atoms with van der Waals surface area (Å²) >= 11 is 0. The molecule has 0 bridgehead atoms. The van der Waals surface area contributed by atoms with E-state index in [1.807, 2.05) is 13.8 Å². The molecule has 0 radical (unpaired) electrons. The molecule has 1 amide bonds. The predicted octanol–water partition coefficient (Wildman–Crippen LogP) is 1.23. The van der Waals surface area contributed by atoms with Crippen LogP contribution in [-0.4, -0.2) is 47.1 Å². The third kappa shape index (κ3) is 4.29. The third-order valence-electron chi connectivity index (χ3n) is 3.59. The summed E-state index contributed by atoms with van der Waals surface area (Å²) < 4.78 is 0. The van der Waals surface area contributed by atoms with Gasteiger partial charge in [0.2, 0.25) is 5.91 Å². The van der Waals surface area contributed by atoms with E-state index in [-0.39, 0.29) is 24.4 Å². The lowest BCUT2D eigenvalue weighted by Crippen LogP contribution is -2.51. The maximum Gasteiger partial charge on any atom is 0.303 e. The molecule has 2 unspecified atom stereocenters. The molecule has 104 valence electrons. The number of nitrogens with one attached hydrogen (secondary N) is 1. The largest absolute Gasteiger partial charge is 0.481 e. The van der Waals surface area contributed by atoms with Gasteiger partial charge in [-0.05, 0) is 39.7 Å². The van der Waals surface area contributed by atoms with Gasteiger partial charge in [-0.15, -0.1) is 0 Å². The fourth-order valence-corrected chi connectivity index (χ4v) is 2.61. The molecule has 18 heavy (non-hydrogen) atoms. The Labute approximate surface area is 109 Å². The van der Waals surface area contributed by atoms with Gasteiger partial charge in [0.1, 0.15) is 0 Å². The number of likely N-dealkylation sites (N-methyl/N-ethyl adjacent to an activating group) is 1. The molecule has 1 aliphatic rings. The molecule has 0 spiro atoms. The van der Waals surface area contributed by atoms with Crippen molar-refractivity contribution in [3.63, 3.8) is 0 Å². The number of nitrogens with zero attached hydrogens (tertiary/aromatic N) is 1. The average molecular weight is 256 g/mol. The first-order chi connectivity index (χ1) is 8.56. The van der Waals surface area contributed by atoms with E-state index in [0.29, 0.717) is 13.0 Å². The monoisotopic (exact) mass is 256 g/mol. The summed E-state index contributed by atoms with van der Waals surface area (Å²) in [7, 11) is 0. The minimum absolute atomic E-state index is 0.0414. The first kappa shape index (κ1) is 15.0. The summed E-state index contributed by atoms with van der Waals surface area (Å²) in [5, 5.41) is 11.6. The smallest absolute Gasteiger partial charge is 0.303 e. The van der Waals surface area contributed by atoms with Crippen molar-refractivity contribution in [2.75, 3.05) is 13.1 Å². The topological polar surface area (TPSA) is 69.6 Å². The van der Waals surface area contributed by atoms with E-state index in [1.54, 1.807) is 0 Å². The number of carboxylic acids is 1. The Morgan fingerprint density at radius 2 is 2.17 bits per heavy atom. The lowest BCUT2D eigenvalue weighted by atomic mass is 9.96. The highest BCUT2D eigenvalue weighted by atomic mass is 16.4. The number of amides is 1. The first-order valence-corrected chi connectivity index (χ1v) is 6.81. The molecule has 0 saturated carbocycles. The Bertz CT molecular complexity index is 294. The normalized spacial score (nSPS) is 22.4. The number of piperidine rings is 1. The molecular weight excluding hydrogens is 232 g/mol. The number of hydrogen-bond donors (Lipinski definition) is 2. The van der Waals surface area contributed by atoms with E-state index in [2.05, 4.69) is 10.2 Å². The number of carbonyl (C=O) groups is 2. The number of aliphatic carboxylic acids is 1. The van der Waals surface area contributed by atoms with Crippen molar-refractivity contribution in [3.8, 4) is 0 Å². The van der Waals surface area contributed by atoms with Crippen molar-refractivity contribution in [2.24, 2.45) is 0 Å². The summed E-state index contributed by atoms with van der Waals surface area (Å²) in [5.74, 6) is -0.717. The van der Waals surface area contributed by atoms with E-state index in [0.717, 1.165) is 25.8 Å². The van der Waals surface area contributed by atoms with Gasteiger partial charge in [-0.2, -0.15) is 0 Å². The summed E-state index contributed by atoms with van der Waals surface area (Å²) in [4.78, 5) is 24.7. The van der Waals surface area contributed by atoms with Gasteiger partial charge in [0.25, 0.3) is 0 Å². The fourth-order valence-electron chi connectivity index (χ4n) is 2.61. The van der Waals surface area contributed by atoms with Crippen LogP contribution in [0.15, 0.2) is 0 Å². The Hall–Kier alpha value is -1.10. The second kappa shape index (κ2) is 7.36. The quantitative estimate of drug-likeness (QED) is 0.750. The minimum atomic E-state index is -0.758.